The molecule has 0 spiro atoms. The van der Waals surface area contributed by atoms with Crippen molar-refractivity contribution >= 4 is 10.8 Å². The van der Waals surface area contributed by atoms with Crippen LogP contribution in [0.5, 0.6) is 0 Å². The molecule has 0 atom stereocenters. The van der Waals surface area contributed by atoms with E-state index in [1.807, 2.05) is 12.4 Å². The molecular weight excluding hydrogens is 232 g/mol. The number of fused-ring (bicyclic) bond motifs is 1. The van der Waals surface area contributed by atoms with Gasteiger partial charge in [-0.3, -0.25) is 4.98 Å². The third-order valence-corrected chi connectivity index (χ3v) is 4.54. The van der Waals surface area contributed by atoms with Gasteiger partial charge in [-0.1, -0.05) is 38.3 Å². The summed E-state index contributed by atoms with van der Waals surface area (Å²) >= 11 is 0. The second-order valence-electron chi connectivity index (χ2n) is 5.80. The molecule has 19 heavy (non-hydrogen) atoms. The predicted molar refractivity (Wildman–Crippen MR) is 80.1 cm³/mol. The van der Waals surface area contributed by atoms with Crippen molar-refractivity contribution in [2.24, 2.45) is 5.73 Å². The average Bonchev–Trinajstić information content (AvgIpc) is 2.47. The van der Waals surface area contributed by atoms with E-state index in [0.29, 0.717) is 0 Å². The Kier molecular flexibility index (Phi) is 3.28. The fraction of sp³-hybridized carbons (Fsp3) is 0.471. The SMILES string of the molecule is CCc1cncc2cc(C3(N)CCCCC3)ccc12. The van der Waals surface area contributed by atoms with Crippen LogP contribution >= 0.6 is 0 Å². The van der Waals surface area contributed by atoms with Crippen LogP contribution in [0.25, 0.3) is 10.8 Å². The van der Waals surface area contributed by atoms with Gasteiger partial charge in [0.15, 0.2) is 0 Å². The fourth-order valence-corrected chi connectivity index (χ4v) is 3.30. The normalized spacial score (nSPS) is 18.6. The van der Waals surface area contributed by atoms with Crippen LogP contribution in [-0.4, -0.2) is 4.98 Å². The van der Waals surface area contributed by atoms with Crippen LogP contribution < -0.4 is 5.73 Å². The van der Waals surface area contributed by atoms with Gasteiger partial charge in [-0.25, -0.2) is 0 Å². The lowest BCUT2D eigenvalue weighted by atomic mass is 9.77. The van der Waals surface area contributed by atoms with Gasteiger partial charge >= 0.3 is 0 Å². The zero-order chi connectivity index (χ0) is 13.3. The van der Waals surface area contributed by atoms with Crippen molar-refractivity contribution in [3.63, 3.8) is 0 Å². The van der Waals surface area contributed by atoms with Crippen LogP contribution in [0.3, 0.4) is 0 Å². The highest BCUT2D eigenvalue weighted by molar-refractivity contribution is 5.85. The van der Waals surface area contributed by atoms with Crippen LogP contribution in [-0.2, 0) is 12.0 Å². The maximum atomic E-state index is 6.62. The number of nitrogens with zero attached hydrogens (tertiary/aromatic N) is 1. The molecule has 3 rings (SSSR count). The Morgan fingerprint density at radius 3 is 2.68 bits per heavy atom. The van der Waals surface area contributed by atoms with E-state index >= 15 is 0 Å². The van der Waals surface area contributed by atoms with E-state index in [1.165, 1.54) is 41.2 Å². The second kappa shape index (κ2) is 4.93. The minimum atomic E-state index is -0.116. The molecule has 0 aliphatic heterocycles. The van der Waals surface area contributed by atoms with Gasteiger partial charge < -0.3 is 5.73 Å². The van der Waals surface area contributed by atoms with Gasteiger partial charge in [-0.05, 0) is 41.8 Å². The Labute approximate surface area is 115 Å². The van der Waals surface area contributed by atoms with Crippen molar-refractivity contribution in [3.8, 4) is 0 Å². The van der Waals surface area contributed by atoms with Gasteiger partial charge in [-0.15, -0.1) is 0 Å². The van der Waals surface area contributed by atoms with Crippen LogP contribution in [0.1, 0.15) is 50.2 Å². The summed E-state index contributed by atoms with van der Waals surface area (Å²) in [7, 11) is 0. The number of rotatable bonds is 2. The molecule has 2 N–H and O–H groups in total. The highest BCUT2D eigenvalue weighted by Crippen LogP contribution is 2.36. The number of hydrogen-bond donors (Lipinski definition) is 1. The van der Waals surface area contributed by atoms with Crippen molar-refractivity contribution in [2.45, 2.75) is 51.0 Å². The Balaban J connectivity index is 2.06. The maximum Gasteiger partial charge on any atom is 0.0409 e. The first-order chi connectivity index (χ1) is 9.23. The van der Waals surface area contributed by atoms with Crippen LogP contribution in [0.4, 0.5) is 0 Å². The van der Waals surface area contributed by atoms with Crippen molar-refractivity contribution in [2.75, 3.05) is 0 Å². The first-order valence-corrected chi connectivity index (χ1v) is 7.39. The Bertz CT molecular complexity index is 583. The van der Waals surface area contributed by atoms with Crippen molar-refractivity contribution in [1.82, 2.24) is 4.98 Å². The van der Waals surface area contributed by atoms with E-state index in [2.05, 4.69) is 30.1 Å². The fourth-order valence-electron chi connectivity index (χ4n) is 3.30. The second-order valence-corrected chi connectivity index (χ2v) is 5.80. The standard InChI is InChI=1S/C17H22N2/c1-2-13-11-19-12-14-10-15(6-7-16(13)14)17(18)8-4-3-5-9-17/h6-7,10-12H,2-5,8-9,18H2,1H3. The number of aromatic nitrogens is 1. The lowest BCUT2D eigenvalue weighted by Crippen LogP contribution is -2.38. The summed E-state index contributed by atoms with van der Waals surface area (Å²) in [5.74, 6) is 0. The topological polar surface area (TPSA) is 38.9 Å². The summed E-state index contributed by atoms with van der Waals surface area (Å²) in [6.45, 7) is 2.18. The Morgan fingerprint density at radius 2 is 1.95 bits per heavy atom. The minimum Gasteiger partial charge on any atom is -0.321 e. The third kappa shape index (κ3) is 2.25. The molecule has 2 nitrogen and oxygen atoms in total. The van der Waals surface area contributed by atoms with Gasteiger partial charge in [0.05, 0.1) is 0 Å². The quantitative estimate of drug-likeness (QED) is 0.882. The van der Waals surface area contributed by atoms with Gasteiger partial charge in [0, 0.05) is 23.3 Å². The summed E-state index contributed by atoms with van der Waals surface area (Å²) in [6, 6.07) is 6.72. The molecule has 0 unspecified atom stereocenters. The molecule has 2 heteroatoms. The maximum absolute atomic E-state index is 6.62. The Morgan fingerprint density at radius 1 is 1.16 bits per heavy atom. The van der Waals surface area contributed by atoms with Gasteiger partial charge in [0.1, 0.15) is 0 Å². The summed E-state index contributed by atoms with van der Waals surface area (Å²) in [5, 5.41) is 2.55. The average molecular weight is 254 g/mol. The molecule has 1 saturated carbocycles. The molecule has 1 aromatic carbocycles. The molecular formula is C17H22N2. The van der Waals surface area contributed by atoms with Crippen LogP contribution in [0.2, 0.25) is 0 Å². The molecule has 1 aliphatic rings. The molecule has 1 aliphatic carbocycles. The Hall–Kier alpha value is -1.41. The number of nitrogens with two attached hydrogens (primary N) is 1. The number of benzene rings is 1. The zero-order valence-corrected chi connectivity index (χ0v) is 11.7. The molecule has 1 fully saturated rings. The van der Waals surface area contributed by atoms with Gasteiger partial charge in [-0.2, -0.15) is 0 Å². The zero-order valence-electron chi connectivity index (χ0n) is 11.7. The van der Waals surface area contributed by atoms with Crippen LogP contribution in [0, 0.1) is 0 Å². The van der Waals surface area contributed by atoms with E-state index in [9.17, 15) is 0 Å². The first-order valence-electron chi connectivity index (χ1n) is 7.39. The van der Waals surface area contributed by atoms with Gasteiger partial charge in [0.25, 0.3) is 0 Å². The first kappa shape index (κ1) is 12.6. The molecule has 0 radical (unpaired) electrons. The van der Waals surface area contributed by atoms with Crippen molar-refractivity contribution in [1.29, 1.82) is 0 Å². The highest BCUT2D eigenvalue weighted by Gasteiger charge is 2.29. The van der Waals surface area contributed by atoms with E-state index in [0.717, 1.165) is 19.3 Å². The lowest BCUT2D eigenvalue weighted by molar-refractivity contribution is 0.302. The molecule has 0 saturated heterocycles. The van der Waals surface area contributed by atoms with Crippen molar-refractivity contribution < 1.29 is 0 Å². The molecule has 0 amide bonds. The summed E-state index contributed by atoms with van der Waals surface area (Å²) < 4.78 is 0. The molecule has 100 valence electrons. The van der Waals surface area contributed by atoms with E-state index in [4.69, 9.17) is 5.73 Å². The molecule has 2 aromatic rings. The van der Waals surface area contributed by atoms with E-state index < -0.39 is 0 Å². The molecule has 1 heterocycles. The highest BCUT2D eigenvalue weighted by atomic mass is 14.7. The number of aryl methyl sites for hydroxylation is 1. The largest absolute Gasteiger partial charge is 0.321 e. The summed E-state index contributed by atoms with van der Waals surface area (Å²) in [5.41, 5.74) is 9.11. The van der Waals surface area contributed by atoms with Gasteiger partial charge in [0.2, 0.25) is 0 Å². The monoisotopic (exact) mass is 254 g/mol. The smallest absolute Gasteiger partial charge is 0.0409 e. The van der Waals surface area contributed by atoms with Crippen molar-refractivity contribution in [3.05, 3.63) is 41.7 Å². The predicted octanol–water partition coefficient (Wildman–Crippen LogP) is 3.92. The third-order valence-electron chi connectivity index (χ3n) is 4.54. The molecule has 0 bridgehead atoms. The lowest BCUT2D eigenvalue weighted by Gasteiger charge is -2.34. The minimum absolute atomic E-state index is 0.116. The number of pyridine rings is 1. The summed E-state index contributed by atoms with van der Waals surface area (Å²) in [4.78, 5) is 4.35. The van der Waals surface area contributed by atoms with Crippen LogP contribution in [0.15, 0.2) is 30.6 Å². The van der Waals surface area contributed by atoms with E-state index in [1.54, 1.807) is 0 Å². The number of hydrogen-bond acceptors (Lipinski definition) is 2. The van der Waals surface area contributed by atoms with E-state index in [-0.39, 0.29) is 5.54 Å². The summed E-state index contributed by atoms with van der Waals surface area (Å²) in [6.07, 6.45) is 11.0. The molecule has 1 aromatic heterocycles.